The van der Waals surface area contributed by atoms with Crippen molar-refractivity contribution < 1.29 is 0 Å². The van der Waals surface area contributed by atoms with Crippen LogP contribution in [0, 0.1) is 5.92 Å². The monoisotopic (exact) mass is 346 g/mol. The SMILES string of the molecule is CC1CCC(C)N(c2ncc(Br)cc2Br)C1. The van der Waals surface area contributed by atoms with E-state index in [9.17, 15) is 0 Å². The number of nitrogens with zero attached hydrogens (tertiary/aromatic N) is 2. The highest BCUT2D eigenvalue weighted by Crippen LogP contribution is 2.32. The molecule has 0 amide bonds. The first-order valence-electron chi connectivity index (χ1n) is 5.65. The molecule has 0 spiro atoms. The van der Waals surface area contributed by atoms with Gasteiger partial charge in [0.15, 0.2) is 0 Å². The van der Waals surface area contributed by atoms with E-state index >= 15 is 0 Å². The Labute approximate surface area is 114 Å². The lowest BCUT2D eigenvalue weighted by molar-refractivity contribution is 0.388. The molecule has 1 aliphatic rings. The standard InChI is InChI=1S/C12H16Br2N2/c1-8-3-4-9(2)16(7-8)12-11(14)5-10(13)6-15-12/h5-6,8-9H,3-4,7H2,1-2H3. The molecule has 1 aliphatic heterocycles. The summed E-state index contributed by atoms with van der Waals surface area (Å²) >= 11 is 7.03. The van der Waals surface area contributed by atoms with Crippen LogP contribution in [-0.2, 0) is 0 Å². The van der Waals surface area contributed by atoms with Gasteiger partial charge in [0.05, 0.1) is 4.47 Å². The molecular formula is C12H16Br2N2. The zero-order valence-corrected chi connectivity index (χ0v) is 12.8. The summed E-state index contributed by atoms with van der Waals surface area (Å²) in [6, 6.07) is 2.65. The number of piperidine rings is 1. The number of hydrogen-bond donors (Lipinski definition) is 0. The second-order valence-electron chi connectivity index (χ2n) is 4.64. The molecule has 2 nitrogen and oxygen atoms in total. The van der Waals surface area contributed by atoms with Gasteiger partial charge in [-0.3, -0.25) is 0 Å². The van der Waals surface area contributed by atoms with E-state index in [1.165, 1.54) is 12.8 Å². The number of anilines is 1. The van der Waals surface area contributed by atoms with Gasteiger partial charge in [0.25, 0.3) is 0 Å². The van der Waals surface area contributed by atoms with Crippen LogP contribution < -0.4 is 4.90 Å². The van der Waals surface area contributed by atoms with Gasteiger partial charge in [-0.25, -0.2) is 4.98 Å². The normalized spacial score (nSPS) is 25.9. The second kappa shape index (κ2) is 5.05. The van der Waals surface area contributed by atoms with Crippen LogP contribution in [0.4, 0.5) is 5.82 Å². The van der Waals surface area contributed by atoms with Crippen LogP contribution in [0.5, 0.6) is 0 Å². The summed E-state index contributed by atoms with van der Waals surface area (Å²) in [5.74, 6) is 1.83. The molecule has 0 aliphatic carbocycles. The Morgan fingerprint density at radius 2 is 2.06 bits per heavy atom. The van der Waals surface area contributed by atoms with Gasteiger partial charge in [-0.2, -0.15) is 0 Å². The number of rotatable bonds is 1. The zero-order chi connectivity index (χ0) is 11.7. The number of hydrogen-bond acceptors (Lipinski definition) is 2. The van der Waals surface area contributed by atoms with Crippen molar-refractivity contribution in [2.45, 2.75) is 32.7 Å². The summed E-state index contributed by atoms with van der Waals surface area (Å²) in [5, 5.41) is 0. The van der Waals surface area contributed by atoms with Crippen molar-refractivity contribution in [2.75, 3.05) is 11.4 Å². The minimum atomic E-state index is 0.584. The van der Waals surface area contributed by atoms with E-state index in [2.05, 4.69) is 61.7 Å². The molecule has 1 saturated heterocycles. The minimum absolute atomic E-state index is 0.584. The third kappa shape index (κ3) is 2.59. The molecule has 4 heteroatoms. The molecule has 0 saturated carbocycles. The Bertz CT molecular complexity index is 381. The highest BCUT2D eigenvalue weighted by atomic mass is 79.9. The molecule has 0 bridgehead atoms. The third-order valence-corrected chi connectivity index (χ3v) is 4.20. The Kier molecular flexibility index (Phi) is 3.90. The average Bonchev–Trinajstić information content (AvgIpc) is 2.22. The molecule has 16 heavy (non-hydrogen) atoms. The summed E-state index contributed by atoms with van der Waals surface area (Å²) in [6.45, 7) is 5.70. The van der Waals surface area contributed by atoms with E-state index in [0.29, 0.717) is 6.04 Å². The zero-order valence-electron chi connectivity index (χ0n) is 9.58. The topological polar surface area (TPSA) is 16.1 Å². The fourth-order valence-corrected chi connectivity index (χ4v) is 3.42. The van der Waals surface area contributed by atoms with Crippen molar-refractivity contribution in [1.29, 1.82) is 0 Å². The maximum atomic E-state index is 4.52. The quantitative estimate of drug-likeness (QED) is 0.755. The molecule has 0 radical (unpaired) electrons. The van der Waals surface area contributed by atoms with Crippen LogP contribution in [0.1, 0.15) is 26.7 Å². The smallest absolute Gasteiger partial charge is 0.143 e. The fraction of sp³-hybridized carbons (Fsp3) is 0.583. The first-order valence-corrected chi connectivity index (χ1v) is 7.24. The summed E-state index contributed by atoms with van der Waals surface area (Å²) in [7, 11) is 0. The molecule has 2 unspecified atom stereocenters. The average molecular weight is 348 g/mol. The van der Waals surface area contributed by atoms with E-state index in [-0.39, 0.29) is 0 Å². The summed E-state index contributed by atoms with van der Waals surface area (Å²) < 4.78 is 2.09. The number of halogens is 2. The highest BCUT2D eigenvalue weighted by Gasteiger charge is 2.25. The molecule has 0 aromatic carbocycles. The van der Waals surface area contributed by atoms with E-state index in [0.717, 1.165) is 27.2 Å². The van der Waals surface area contributed by atoms with Crippen LogP contribution >= 0.6 is 31.9 Å². The highest BCUT2D eigenvalue weighted by molar-refractivity contribution is 9.11. The van der Waals surface area contributed by atoms with Gasteiger partial charge in [-0.1, -0.05) is 6.92 Å². The van der Waals surface area contributed by atoms with Gasteiger partial charge >= 0.3 is 0 Å². The molecular weight excluding hydrogens is 332 g/mol. The van der Waals surface area contributed by atoms with Crippen molar-refractivity contribution in [3.8, 4) is 0 Å². The molecule has 0 N–H and O–H groups in total. The van der Waals surface area contributed by atoms with Gasteiger partial charge in [-0.15, -0.1) is 0 Å². The fourth-order valence-electron chi connectivity index (χ4n) is 2.20. The van der Waals surface area contributed by atoms with Crippen LogP contribution in [0.3, 0.4) is 0 Å². The molecule has 1 aromatic heterocycles. The Balaban J connectivity index is 2.28. The molecule has 1 fully saturated rings. The van der Waals surface area contributed by atoms with Crippen LogP contribution in [-0.4, -0.2) is 17.6 Å². The van der Waals surface area contributed by atoms with Crippen molar-refractivity contribution in [2.24, 2.45) is 5.92 Å². The lowest BCUT2D eigenvalue weighted by Crippen LogP contribution is -2.41. The van der Waals surface area contributed by atoms with Gasteiger partial charge in [-0.05, 0) is 63.6 Å². The maximum Gasteiger partial charge on any atom is 0.143 e. The van der Waals surface area contributed by atoms with Crippen LogP contribution in [0.25, 0.3) is 0 Å². The molecule has 2 heterocycles. The molecule has 1 aromatic rings. The van der Waals surface area contributed by atoms with Gasteiger partial charge in [0.2, 0.25) is 0 Å². The van der Waals surface area contributed by atoms with Crippen LogP contribution in [0.2, 0.25) is 0 Å². The lowest BCUT2D eigenvalue weighted by atomic mass is 9.95. The summed E-state index contributed by atoms with van der Waals surface area (Å²) in [6.07, 6.45) is 4.45. The Morgan fingerprint density at radius 3 is 2.75 bits per heavy atom. The Hall–Kier alpha value is -0.0900. The van der Waals surface area contributed by atoms with Crippen molar-refractivity contribution in [3.63, 3.8) is 0 Å². The predicted octanol–water partition coefficient (Wildman–Crippen LogP) is 4.23. The predicted molar refractivity (Wildman–Crippen MR) is 74.8 cm³/mol. The first-order chi connectivity index (χ1) is 7.58. The van der Waals surface area contributed by atoms with Crippen molar-refractivity contribution >= 4 is 37.7 Å². The minimum Gasteiger partial charge on any atom is -0.353 e. The van der Waals surface area contributed by atoms with Crippen molar-refractivity contribution in [3.05, 3.63) is 21.2 Å². The summed E-state index contributed by atoms with van der Waals surface area (Å²) in [5.41, 5.74) is 0. The van der Waals surface area contributed by atoms with E-state index in [1.807, 2.05) is 6.20 Å². The van der Waals surface area contributed by atoms with Crippen LogP contribution in [0.15, 0.2) is 21.2 Å². The first kappa shape index (κ1) is 12.4. The van der Waals surface area contributed by atoms with E-state index < -0.39 is 0 Å². The van der Waals surface area contributed by atoms with Gasteiger partial charge in [0.1, 0.15) is 5.82 Å². The maximum absolute atomic E-state index is 4.52. The number of pyridine rings is 1. The van der Waals surface area contributed by atoms with E-state index in [1.54, 1.807) is 0 Å². The third-order valence-electron chi connectivity index (χ3n) is 3.18. The van der Waals surface area contributed by atoms with E-state index in [4.69, 9.17) is 0 Å². The van der Waals surface area contributed by atoms with Gasteiger partial charge in [0, 0.05) is 23.3 Å². The second-order valence-corrected chi connectivity index (χ2v) is 6.41. The summed E-state index contributed by atoms with van der Waals surface area (Å²) in [4.78, 5) is 6.93. The van der Waals surface area contributed by atoms with Gasteiger partial charge < -0.3 is 4.90 Å². The van der Waals surface area contributed by atoms with Crippen molar-refractivity contribution in [1.82, 2.24) is 4.98 Å². The Morgan fingerprint density at radius 1 is 1.31 bits per heavy atom. The lowest BCUT2D eigenvalue weighted by Gasteiger charge is -2.38. The largest absolute Gasteiger partial charge is 0.353 e. The molecule has 2 rings (SSSR count). The molecule has 88 valence electrons. The number of aromatic nitrogens is 1. The molecule has 2 atom stereocenters.